The maximum atomic E-state index is 12.6. The Morgan fingerprint density at radius 2 is 1.96 bits per heavy atom. The van der Waals surface area contributed by atoms with Crippen LogP contribution in [0.3, 0.4) is 0 Å². The molecule has 4 rings (SSSR count). The number of nitrogens with zero attached hydrogens (tertiary/aromatic N) is 3. The van der Waals surface area contributed by atoms with Crippen molar-refractivity contribution >= 4 is 5.91 Å². The maximum absolute atomic E-state index is 12.6. The van der Waals surface area contributed by atoms with Gasteiger partial charge in [0.15, 0.2) is 0 Å². The number of amides is 1. The third-order valence-corrected chi connectivity index (χ3v) is 5.74. The van der Waals surface area contributed by atoms with Crippen LogP contribution in [0.1, 0.15) is 43.4 Å². The van der Waals surface area contributed by atoms with Crippen molar-refractivity contribution in [2.75, 3.05) is 13.1 Å². The average Bonchev–Trinajstić information content (AvgIpc) is 3.18. The first-order valence-electron chi connectivity index (χ1n) is 9.19. The topological polar surface area (TPSA) is 49.6 Å². The van der Waals surface area contributed by atoms with Gasteiger partial charge in [-0.15, -0.1) is 0 Å². The second-order valence-corrected chi connectivity index (χ2v) is 7.27. The fourth-order valence-corrected chi connectivity index (χ4v) is 4.34. The molecule has 1 spiro atoms. The third-order valence-electron chi connectivity index (χ3n) is 5.74. The van der Waals surface area contributed by atoms with Gasteiger partial charge in [-0.25, -0.2) is 0 Å². The summed E-state index contributed by atoms with van der Waals surface area (Å²) in [6.45, 7) is 3.65. The van der Waals surface area contributed by atoms with Crippen LogP contribution in [-0.2, 0) is 17.9 Å². The van der Waals surface area contributed by atoms with Crippen LogP contribution in [0, 0.1) is 0 Å². The standard InChI is InChI=1S/C20H25N3O2/c24-19-4-8-20(23(19)15-17-5-10-21-11-6-17)7-2-12-22(13-9-20)16-18-3-1-14-25-18/h1,3,5-6,10-11,14H,2,4,7-9,12-13,15-16H2/t20-/m1/s1. The van der Waals surface area contributed by atoms with Gasteiger partial charge in [-0.05, 0) is 62.1 Å². The van der Waals surface area contributed by atoms with Crippen molar-refractivity contribution in [3.05, 3.63) is 54.2 Å². The zero-order chi connectivity index (χ0) is 17.1. The van der Waals surface area contributed by atoms with E-state index in [2.05, 4.69) is 14.8 Å². The van der Waals surface area contributed by atoms with Crippen LogP contribution in [-0.4, -0.2) is 39.3 Å². The van der Waals surface area contributed by atoms with Gasteiger partial charge in [0, 0.05) is 37.4 Å². The van der Waals surface area contributed by atoms with Gasteiger partial charge >= 0.3 is 0 Å². The molecule has 1 atom stereocenters. The minimum atomic E-state index is 0.0261. The molecule has 25 heavy (non-hydrogen) atoms. The Morgan fingerprint density at radius 3 is 2.76 bits per heavy atom. The highest BCUT2D eigenvalue weighted by molar-refractivity contribution is 5.79. The van der Waals surface area contributed by atoms with Gasteiger partial charge in [0.05, 0.1) is 12.8 Å². The summed E-state index contributed by atoms with van der Waals surface area (Å²) in [5.41, 5.74) is 1.19. The smallest absolute Gasteiger partial charge is 0.223 e. The highest BCUT2D eigenvalue weighted by Gasteiger charge is 2.45. The number of hydrogen-bond donors (Lipinski definition) is 0. The fraction of sp³-hybridized carbons (Fsp3) is 0.500. The van der Waals surface area contributed by atoms with Crippen molar-refractivity contribution in [3.8, 4) is 0 Å². The molecular weight excluding hydrogens is 314 g/mol. The van der Waals surface area contributed by atoms with E-state index in [9.17, 15) is 4.79 Å². The Labute approximate surface area is 148 Å². The van der Waals surface area contributed by atoms with Crippen molar-refractivity contribution in [2.24, 2.45) is 0 Å². The van der Waals surface area contributed by atoms with Gasteiger partial charge in [0.25, 0.3) is 0 Å². The summed E-state index contributed by atoms with van der Waals surface area (Å²) in [5.74, 6) is 1.32. The number of carbonyl (C=O) groups excluding carboxylic acids is 1. The van der Waals surface area contributed by atoms with Crippen LogP contribution in [0.4, 0.5) is 0 Å². The summed E-state index contributed by atoms with van der Waals surface area (Å²) in [5, 5.41) is 0. The zero-order valence-corrected chi connectivity index (χ0v) is 14.6. The van der Waals surface area contributed by atoms with E-state index >= 15 is 0 Å². The lowest BCUT2D eigenvalue weighted by molar-refractivity contribution is -0.132. The van der Waals surface area contributed by atoms with Crippen molar-refractivity contribution in [3.63, 3.8) is 0 Å². The van der Waals surface area contributed by atoms with Crippen molar-refractivity contribution < 1.29 is 9.21 Å². The molecule has 2 saturated heterocycles. The van der Waals surface area contributed by atoms with E-state index in [0.717, 1.165) is 51.1 Å². The van der Waals surface area contributed by atoms with E-state index in [0.29, 0.717) is 18.9 Å². The minimum Gasteiger partial charge on any atom is -0.468 e. The van der Waals surface area contributed by atoms with Crippen LogP contribution in [0.2, 0.25) is 0 Å². The Bertz CT molecular complexity index is 701. The van der Waals surface area contributed by atoms with Gasteiger partial charge in [-0.2, -0.15) is 0 Å². The summed E-state index contributed by atoms with van der Waals surface area (Å²) >= 11 is 0. The maximum Gasteiger partial charge on any atom is 0.223 e. The molecule has 4 heterocycles. The van der Waals surface area contributed by atoms with Gasteiger partial charge in [0.2, 0.25) is 5.91 Å². The summed E-state index contributed by atoms with van der Waals surface area (Å²) in [6, 6.07) is 8.01. The first-order chi connectivity index (χ1) is 12.3. The molecule has 2 fully saturated rings. The Hall–Kier alpha value is -2.14. The molecule has 5 nitrogen and oxygen atoms in total. The van der Waals surface area contributed by atoms with E-state index in [1.54, 1.807) is 18.7 Å². The molecule has 0 aliphatic carbocycles. The van der Waals surface area contributed by atoms with Gasteiger partial charge in [-0.1, -0.05) is 0 Å². The fourth-order valence-electron chi connectivity index (χ4n) is 4.34. The molecule has 2 aromatic heterocycles. The molecule has 1 amide bonds. The van der Waals surface area contributed by atoms with E-state index < -0.39 is 0 Å². The first kappa shape index (κ1) is 16.3. The predicted octanol–water partition coefficient (Wildman–Crippen LogP) is 3.22. The Morgan fingerprint density at radius 1 is 1.08 bits per heavy atom. The summed E-state index contributed by atoms with van der Waals surface area (Å²) in [7, 11) is 0. The van der Waals surface area contributed by atoms with Crippen molar-refractivity contribution in [1.82, 2.24) is 14.8 Å². The van der Waals surface area contributed by atoms with Crippen LogP contribution in [0.5, 0.6) is 0 Å². The lowest BCUT2D eigenvalue weighted by atomic mass is 9.87. The van der Waals surface area contributed by atoms with Crippen LogP contribution in [0.25, 0.3) is 0 Å². The second-order valence-electron chi connectivity index (χ2n) is 7.27. The summed E-state index contributed by atoms with van der Waals surface area (Å²) < 4.78 is 5.50. The normalized spacial score (nSPS) is 24.8. The zero-order valence-electron chi connectivity index (χ0n) is 14.6. The molecule has 0 N–H and O–H groups in total. The molecular formula is C20H25N3O2. The number of pyridine rings is 1. The quantitative estimate of drug-likeness (QED) is 0.858. The van der Waals surface area contributed by atoms with Gasteiger partial charge in [0.1, 0.15) is 5.76 Å². The van der Waals surface area contributed by atoms with Crippen LogP contribution < -0.4 is 0 Å². The molecule has 5 heteroatoms. The minimum absolute atomic E-state index is 0.0261. The van der Waals surface area contributed by atoms with E-state index in [1.807, 2.05) is 24.3 Å². The Kier molecular flexibility index (Phi) is 4.57. The number of rotatable bonds is 4. The van der Waals surface area contributed by atoms with E-state index in [4.69, 9.17) is 4.42 Å². The lowest BCUT2D eigenvalue weighted by Crippen LogP contribution is -2.45. The number of carbonyl (C=O) groups is 1. The monoisotopic (exact) mass is 339 g/mol. The molecule has 2 aromatic rings. The summed E-state index contributed by atoms with van der Waals surface area (Å²) in [6.07, 6.45) is 10.3. The summed E-state index contributed by atoms with van der Waals surface area (Å²) in [4.78, 5) is 21.3. The highest BCUT2D eigenvalue weighted by Crippen LogP contribution is 2.40. The molecule has 132 valence electrons. The third kappa shape index (κ3) is 3.47. The van der Waals surface area contributed by atoms with Crippen LogP contribution in [0.15, 0.2) is 47.3 Å². The molecule has 2 aliphatic heterocycles. The largest absolute Gasteiger partial charge is 0.468 e. The Balaban J connectivity index is 1.47. The SMILES string of the molecule is O=C1CC[C@@]2(CCCN(Cc3ccco3)CC2)N1Cc1ccncc1. The number of aromatic nitrogens is 1. The molecule has 0 aromatic carbocycles. The van der Waals surface area contributed by atoms with Gasteiger partial charge in [-0.3, -0.25) is 14.7 Å². The van der Waals surface area contributed by atoms with Gasteiger partial charge < -0.3 is 9.32 Å². The molecule has 0 bridgehead atoms. The van der Waals surface area contributed by atoms with E-state index in [-0.39, 0.29) is 5.54 Å². The highest BCUT2D eigenvalue weighted by atomic mass is 16.3. The molecule has 0 saturated carbocycles. The molecule has 0 radical (unpaired) electrons. The second kappa shape index (κ2) is 7.00. The lowest BCUT2D eigenvalue weighted by Gasteiger charge is -2.38. The van der Waals surface area contributed by atoms with Crippen LogP contribution >= 0.6 is 0 Å². The number of likely N-dealkylation sites (tertiary alicyclic amines) is 2. The average molecular weight is 339 g/mol. The van der Waals surface area contributed by atoms with Crippen molar-refractivity contribution in [1.29, 1.82) is 0 Å². The predicted molar refractivity (Wildman–Crippen MR) is 94.6 cm³/mol. The van der Waals surface area contributed by atoms with Crippen molar-refractivity contribution in [2.45, 2.75) is 50.7 Å². The molecule has 0 unspecified atom stereocenters. The number of furan rings is 1. The van der Waals surface area contributed by atoms with E-state index in [1.165, 1.54) is 5.56 Å². The number of hydrogen-bond acceptors (Lipinski definition) is 4. The first-order valence-corrected chi connectivity index (χ1v) is 9.19. The molecule has 2 aliphatic rings.